The second-order valence-electron chi connectivity index (χ2n) is 7.08. The maximum atomic E-state index is 6.39. The van der Waals surface area contributed by atoms with Crippen LogP contribution in [0.1, 0.15) is 42.6 Å². The Hall–Kier alpha value is -1.88. The lowest BCUT2D eigenvalue weighted by Crippen LogP contribution is -2.36. The Labute approximate surface area is 148 Å². The summed E-state index contributed by atoms with van der Waals surface area (Å²) < 4.78 is 18.9. The van der Waals surface area contributed by atoms with Crippen LogP contribution in [0.25, 0.3) is 0 Å². The van der Waals surface area contributed by atoms with Gasteiger partial charge in [-0.2, -0.15) is 0 Å². The summed E-state index contributed by atoms with van der Waals surface area (Å²) in [6, 6.07) is 16.3. The number of hydrogen-bond acceptors (Lipinski definition) is 4. The molecule has 0 N–H and O–H groups in total. The van der Waals surface area contributed by atoms with Crippen molar-refractivity contribution in [2.45, 2.75) is 37.8 Å². The fourth-order valence-electron chi connectivity index (χ4n) is 4.15. The Morgan fingerprint density at radius 3 is 1.92 bits per heavy atom. The first-order valence-corrected chi connectivity index (χ1v) is 9.27. The van der Waals surface area contributed by atoms with Crippen LogP contribution in [0.4, 0.5) is 0 Å². The number of rotatable bonds is 2. The van der Waals surface area contributed by atoms with E-state index in [0.717, 1.165) is 42.3 Å². The Balaban J connectivity index is 1.47. The number of benzene rings is 2. The van der Waals surface area contributed by atoms with Gasteiger partial charge in [0.1, 0.15) is 23.7 Å². The lowest BCUT2D eigenvalue weighted by atomic mass is 9.99. The number of likely N-dealkylation sites (tertiary alicyclic amines) is 1. The van der Waals surface area contributed by atoms with Crippen molar-refractivity contribution >= 4 is 0 Å². The molecular formula is C21H23NO3. The van der Waals surface area contributed by atoms with Crippen LogP contribution in [0, 0.1) is 0 Å². The molecule has 0 amide bonds. The fourth-order valence-corrected chi connectivity index (χ4v) is 4.15. The van der Waals surface area contributed by atoms with Gasteiger partial charge < -0.3 is 14.2 Å². The van der Waals surface area contributed by atoms with E-state index in [9.17, 15) is 0 Å². The maximum Gasteiger partial charge on any atom is 0.172 e. The summed E-state index contributed by atoms with van der Waals surface area (Å²) in [7, 11) is 0. The first-order valence-electron chi connectivity index (χ1n) is 9.27. The third kappa shape index (κ3) is 2.84. The molecule has 0 saturated carbocycles. The molecule has 2 aromatic carbocycles. The Bertz CT molecular complexity index is 703. The van der Waals surface area contributed by atoms with E-state index in [-0.39, 0.29) is 18.5 Å². The molecule has 4 heteroatoms. The van der Waals surface area contributed by atoms with Gasteiger partial charge in [-0.05, 0) is 38.1 Å². The van der Waals surface area contributed by atoms with Gasteiger partial charge >= 0.3 is 0 Å². The van der Waals surface area contributed by atoms with Crippen LogP contribution in [0.15, 0.2) is 48.5 Å². The lowest BCUT2D eigenvalue weighted by Gasteiger charge is -2.28. The van der Waals surface area contributed by atoms with Crippen LogP contribution in [-0.2, 0) is 9.47 Å². The standard InChI is InChI=1S/C21H23NO3/c1-6-12-22(13-7-1)14-19-24-20-15-8-2-4-10-17(15)23-18-11-5-3-9-16(18)21(20)25-19/h2-5,8-11,19-21H,1,6-7,12-14H2. The third-order valence-electron chi connectivity index (χ3n) is 5.40. The quantitative estimate of drug-likeness (QED) is 0.811. The molecule has 2 fully saturated rings. The largest absolute Gasteiger partial charge is 0.457 e. The average Bonchev–Trinajstić information content (AvgIpc) is 3.01. The zero-order valence-electron chi connectivity index (χ0n) is 14.3. The normalized spacial score (nSPS) is 28.4. The molecule has 3 heterocycles. The van der Waals surface area contributed by atoms with Crippen LogP contribution in [0.2, 0.25) is 0 Å². The highest BCUT2D eigenvalue weighted by atomic mass is 16.7. The molecule has 2 atom stereocenters. The smallest absolute Gasteiger partial charge is 0.172 e. The molecule has 0 aliphatic carbocycles. The summed E-state index contributed by atoms with van der Waals surface area (Å²) in [6.45, 7) is 3.14. The van der Waals surface area contributed by atoms with Gasteiger partial charge in [0.25, 0.3) is 0 Å². The van der Waals surface area contributed by atoms with Crippen molar-refractivity contribution in [3.63, 3.8) is 0 Å². The highest BCUT2D eigenvalue weighted by Crippen LogP contribution is 2.51. The summed E-state index contributed by atoms with van der Waals surface area (Å²) in [5, 5.41) is 0. The molecule has 3 aliphatic rings. The van der Waals surface area contributed by atoms with Gasteiger partial charge in [0.2, 0.25) is 0 Å². The number of para-hydroxylation sites is 2. The lowest BCUT2D eigenvalue weighted by molar-refractivity contribution is -0.0864. The Morgan fingerprint density at radius 1 is 0.760 bits per heavy atom. The van der Waals surface area contributed by atoms with Crippen molar-refractivity contribution in [2.75, 3.05) is 19.6 Å². The summed E-state index contributed by atoms with van der Waals surface area (Å²) in [5.41, 5.74) is 2.15. The number of nitrogens with zero attached hydrogens (tertiary/aromatic N) is 1. The number of hydrogen-bond donors (Lipinski definition) is 0. The molecular weight excluding hydrogens is 314 g/mol. The first-order chi connectivity index (χ1) is 12.4. The summed E-state index contributed by atoms with van der Waals surface area (Å²) in [4.78, 5) is 2.47. The molecule has 0 bridgehead atoms. The van der Waals surface area contributed by atoms with Gasteiger partial charge in [-0.15, -0.1) is 0 Å². The first kappa shape index (κ1) is 15.4. The minimum absolute atomic E-state index is 0.116. The van der Waals surface area contributed by atoms with Crippen LogP contribution < -0.4 is 4.74 Å². The molecule has 2 saturated heterocycles. The second-order valence-corrected chi connectivity index (χ2v) is 7.08. The van der Waals surface area contributed by atoms with Crippen LogP contribution >= 0.6 is 0 Å². The highest BCUT2D eigenvalue weighted by molar-refractivity contribution is 5.48. The van der Waals surface area contributed by atoms with E-state index >= 15 is 0 Å². The summed E-state index contributed by atoms with van der Waals surface area (Å²) in [5.74, 6) is 1.73. The van der Waals surface area contributed by atoms with E-state index in [1.807, 2.05) is 36.4 Å². The van der Waals surface area contributed by atoms with E-state index in [0.29, 0.717) is 0 Å². The molecule has 5 rings (SSSR count). The fraction of sp³-hybridized carbons (Fsp3) is 0.429. The predicted molar refractivity (Wildman–Crippen MR) is 94.7 cm³/mol. The van der Waals surface area contributed by atoms with E-state index in [1.54, 1.807) is 0 Å². The van der Waals surface area contributed by atoms with Crippen molar-refractivity contribution in [2.24, 2.45) is 0 Å². The van der Waals surface area contributed by atoms with Gasteiger partial charge in [0, 0.05) is 17.7 Å². The minimum atomic E-state index is -0.188. The zero-order chi connectivity index (χ0) is 16.6. The van der Waals surface area contributed by atoms with E-state index in [2.05, 4.69) is 17.0 Å². The van der Waals surface area contributed by atoms with Crippen LogP contribution in [0.3, 0.4) is 0 Å². The van der Waals surface area contributed by atoms with E-state index in [4.69, 9.17) is 14.2 Å². The molecule has 3 aliphatic heterocycles. The molecule has 25 heavy (non-hydrogen) atoms. The maximum absolute atomic E-state index is 6.39. The molecule has 2 aromatic rings. The van der Waals surface area contributed by atoms with Gasteiger partial charge in [0.15, 0.2) is 6.29 Å². The Kier molecular flexibility index (Phi) is 3.97. The summed E-state index contributed by atoms with van der Waals surface area (Å²) in [6.07, 6.45) is 3.47. The van der Waals surface area contributed by atoms with Crippen molar-refractivity contribution in [1.82, 2.24) is 4.90 Å². The van der Waals surface area contributed by atoms with Crippen LogP contribution in [0.5, 0.6) is 11.5 Å². The molecule has 0 spiro atoms. The zero-order valence-corrected chi connectivity index (χ0v) is 14.3. The number of fused-ring (bicyclic) bond motifs is 5. The van der Waals surface area contributed by atoms with Gasteiger partial charge in [-0.25, -0.2) is 0 Å². The van der Waals surface area contributed by atoms with Crippen molar-refractivity contribution in [1.29, 1.82) is 0 Å². The molecule has 130 valence electrons. The average molecular weight is 337 g/mol. The topological polar surface area (TPSA) is 30.9 Å². The molecule has 2 unspecified atom stereocenters. The van der Waals surface area contributed by atoms with Gasteiger partial charge in [-0.3, -0.25) is 4.90 Å². The predicted octanol–water partition coefficient (Wildman–Crippen LogP) is 4.43. The Morgan fingerprint density at radius 2 is 1.32 bits per heavy atom. The highest BCUT2D eigenvalue weighted by Gasteiger charge is 2.43. The van der Waals surface area contributed by atoms with Crippen molar-refractivity contribution < 1.29 is 14.2 Å². The molecule has 4 nitrogen and oxygen atoms in total. The van der Waals surface area contributed by atoms with Crippen molar-refractivity contribution in [3.05, 3.63) is 59.7 Å². The second kappa shape index (κ2) is 6.45. The minimum Gasteiger partial charge on any atom is -0.457 e. The number of piperidine rings is 1. The van der Waals surface area contributed by atoms with E-state index in [1.165, 1.54) is 19.3 Å². The number of ether oxygens (including phenoxy) is 3. The van der Waals surface area contributed by atoms with Gasteiger partial charge in [0.05, 0.1) is 0 Å². The van der Waals surface area contributed by atoms with Crippen molar-refractivity contribution in [3.8, 4) is 11.5 Å². The third-order valence-corrected chi connectivity index (χ3v) is 5.40. The van der Waals surface area contributed by atoms with Gasteiger partial charge in [-0.1, -0.05) is 42.8 Å². The summed E-state index contributed by atoms with van der Waals surface area (Å²) >= 11 is 0. The van der Waals surface area contributed by atoms with E-state index < -0.39 is 0 Å². The van der Waals surface area contributed by atoms with Crippen LogP contribution in [-0.4, -0.2) is 30.8 Å². The monoisotopic (exact) mass is 337 g/mol. The molecule has 0 radical (unpaired) electrons. The SMILES string of the molecule is c1ccc2c(c1)Oc1ccccc1C1OC(CN3CCCCC3)OC21. The molecule has 0 aromatic heterocycles.